The highest BCUT2D eigenvalue weighted by atomic mass is 16.3. The van der Waals surface area contributed by atoms with Crippen molar-refractivity contribution in [3.05, 3.63) is 53.7 Å². The summed E-state index contributed by atoms with van der Waals surface area (Å²) in [5.74, 6) is 0.495. The molecule has 0 aliphatic rings. The Morgan fingerprint density at radius 3 is 2.76 bits per heavy atom. The van der Waals surface area contributed by atoms with Gasteiger partial charge < -0.3 is 15.7 Å². The summed E-state index contributed by atoms with van der Waals surface area (Å²) in [5, 5.41) is 15.0. The molecule has 2 aromatic rings. The number of rotatable bonds is 5. The largest absolute Gasteiger partial charge is 0.392 e. The van der Waals surface area contributed by atoms with E-state index in [0.29, 0.717) is 23.6 Å². The van der Waals surface area contributed by atoms with E-state index in [4.69, 9.17) is 0 Å². The quantitative estimate of drug-likeness (QED) is 0.789. The zero-order valence-electron chi connectivity index (χ0n) is 12.1. The average molecular weight is 285 g/mol. The number of aliphatic hydroxyl groups is 1. The summed E-state index contributed by atoms with van der Waals surface area (Å²) < 4.78 is 0. The Morgan fingerprint density at radius 1 is 1.33 bits per heavy atom. The molecule has 1 heterocycles. The zero-order valence-corrected chi connectivity index (χ0v) is 12.1. The molecule has 1 amide bonds. The third kappa shape index (κ3) is 4.57. The Hall–Kier alpha value is -2.40. The van der Waals surface area contributed by atoms with Gasteiger partial charge in [-0.15, -0.1) is 0 Å². The monoisotopic (exact) mass is 285 g/mol. The molecule has 0 fully saturated rings. The lowest BCUT2D eigenvalue weighted by atomic mass is 10.1. The van der Waals surface area contributed by atoms with Crippen LogP contribution in [0.1, 0.15) is 22.8 Å². The molecule has 3 N–H and O–H groups in total. The number of carbonyl (C=O) groups is 1. The van der Waals surface area contributed by atoms with E-state index in [9.17, 15) is 9.90 Å². The first-order valence-electron chi connectivity index (χ1n) is 6.80. The molecule has 0 spiro atoms. The minimum atomic E-state index is -0.438. The lowest BCUT2D eigenvalue weighted by molar-refractivity contribution is 0.102. The molecule has 1 aromatic carbocycles. The third-order valence-electron chi connectivity index (χ3n) is 2.88. The number of aryl methyl sites for hydroxylation is 1. The van der Waals surface area contributed by atoms with Crippen molar-refractivity contribution in [3.8, 4) is 0 Å². The normalized spacial score (nSPS) is 11.8. The first kappa shape index (κ1) is 15.0. The molecular formula is C16H19N3O2. The second kappa shape index (κ2) is 6.85. The van der Waals surface area contributed by atoms with Gasteiger partial charge in [0.15, 0.2) is 0 Å². The third-order valence-corrected chi connectivity index (χ3v) is 2.88. The van der Waals surface area contributed by atoms with Crippen LogP contribution in [0.15, 0.2) is 42.6 Å². The lowest BCUT2D eigenvalue weighted by Gasteiger charge is -2.09. The maximum atomic E-state index is 12.1. The molecule has 1 atom stereocenters. The van der Waals surface area contributed by atoms with Gasteiger partial charge in [-0.3, -0.25) is 4.79 Å². The summed E-state index contributed by atoms with van der Waals surface area (Å²) in [6.45, 7) is 4.08. The van der Waals surface area contributed by atoms with Crippen molar-refractivity contribution < 1.29 is 9.90 Å². The summed E-state index contributed by atoms with van der Waals surface area (Å²) in [7, 11) is 0. The van der Waals surface area contributed by atoms with E-state index >= 15 is 0 Å². The van der Waals surface area contributed by atoms with Crippen molar-refractivity contribution in [3.63, 3.8) is 0 Å². The first-order chi connectivity index (χ1) is 10.0. The van der Waals surface area contributed by atoms with Crippen LogP contribution in [0.4, 0.5) is 11.5 Å². The van der Waals surface area contributed by atoms with Crippen LogP contribution in [0.2, 0.25) is 0 Å². The standard InChI is InChI=1S/C16H19N3O2/c1-11-4-3-5-13(8-11)16(21)19-14-6-7-15(18-10-14)17-9-12(2)20/h3-8,10,12,20H,9H2,1-2H3,(H,17,18)(H,19,21). The maximum Gasteiger partial charge on any atom is 0.255 e. The lowest BCUT2D eigenvalue weighted by Crippen LogP contribution is -2.16. The number of pyridine rings is 1. The Morgan fingerprint density at radius 2 is 2.14 bits per heavy atom. The van der Waals surface area contributed by atoms with E-state index in [0.717, 1.165) is 5.56 Å². The second-order valence-corrected chi connectivity index (χ2v) is 4.99. The van der Waals surface area contributed by atoms with Crippen LogP contribution >= 0.6 is 0 Å². The Kier molecular flexibility index (Phi) is 4.90. The van der Waals surface area contributed by atoms with Crippen LogP contribution < -0.4 is 10.6 Å². The smallest absolute Gasteiger partial charge is 0.255 e. The van der Waals surface area contributed by atoms with E-state index in [1.165, 1.54) is 0 Å². The minimum Gasteiger partial charge on any atom is -0.392 e. The summed E-state index contributed by atoms with van der Waals surface area (Å²) in [6, 6.07) is 10.9. The highest BCUT2D eigenvalue weighted by Gasteiger charge is 2.06. The van der Waals surface area contributed by atoms with Crippen LogP contribution in [-0.4, -0.2) is 28.6 Å². The number of hydrogen-bond acceptors (Lipinski definition) is 4. The molecule has 1 unspecified atom stereocenters. The zero-order chi connectivity index (χ0) is 15.2. The van der Waals surface area contributed by atoms with Crippen molar-refractivity contribution in [1.29, 1.82) is 0 Å². The molecule has 5 nitrogen and oxygen atoms in total. The maximum absolute atomic E-state index is 12.1. The number of nitrogens with one attached hydrogen (secondary N) is 2. The summed E-state index contributed by atoms with van der Waals surface area (Å²) in [6.07, 6.45) is 1.14. The fraction of sp³-hybridized carbons (Fsp3) is 0.250. The predicted molar refractivity (Wildman–Crippen MR) is 83.5 cm³/mol. The number of anilines is 2. The molecule has 1 aromatic heterocycles. The van der Waals surface area contributed by atoms with E-state index in [-0.39, 0.29) is 5.91 Å². The Balaban J connectivity index is 1.98. The van der Waals surface area contributed by atoms with Crippen LogP contribution in [0.5, 0.6) is 0 Å². The van der Waals surface area contributed by atoms with E-state index < -0.39 is 6.10 Å². The Bertz CT molecular complexity index is 609. The molecule has 21 heavy (non-hydrogen) atoms. The topological polar surface area (TPSA) is 74.2 Å². The number of benzene rings is 1. The molecule has 0 aliphatic heterocycles. The van der Waals surface area contributed by atoms with E-state index in [2.05, 4.69) is 15.6 Å². The number of carbonyl (C=O) groups excluding carboxylic acids is 1. The molecule has 110 valence electrons. The van der Waals surface area contributed by atoms with E-state index in [1.807, 2.05) is 25.1 Å². The van der Waals surface area contributed by atoms with Crippen LogP contribution in [0.25, 0.3) is 0 Å². The van der Waals surface area contributed by atoms with Gasteiger partial charge in [0, 0.05) is 12.1 Å². The van der Waals surface area contributed by atoms with Gasteiger partial charge in [0.25, 0.3) is 5.91 Å². The number of aliphatic hydroxyl groups excluding tert-OH is 1. The molecule has 5 heteroatoms. The number of nitrogens with zero attached hydrogens (tertiary/aromatic N) is 1. The highest BCUT2D eigenvalue weighted by molar-refractivity contribution is 6.04. The summed E-state index contributed by atoms with van der Waals surface area (Å²) in [4.78, 5) is 16.3. The fourth-order valence-electron chi connectivity index (χ4n) is 1.81. The van der Waals surface area contributed by atoms with Crippen molar-refractivity contribution in [2.24, 2.45) is 0 Å². The summed E-state index contributed by atoms with van der Waals surface area (Å²) >= 11 is 0. The predicted octanol–water partition coefficient (Wildman–Crippen LogP) is 2.44. The first-order valence-corrected chi connectivity index (χ1v) is 6.80. The number of hydrogen-bond donors (Lipinski definition) is 3. The van der Waals surface area contributed by atoms with Gasteiger partial charge in [-0.2, -0.15) is 0 Å². The van der Waals surface area contributed by atoms with Gasteiger partial charge in [-0.05, 0) is 38.1 Å². The van der Waals surface area contributed by atoms with Crippen molar-refractivity contribution >= 4 is 17.4 Å². The van der Waals surface area contributed by atoms with Gasteiger partial charge in [0.1, 0.15) is 5.82 Å². The van der Waals surface area contributed by atoms with Gasteiger partial charge in [0.05, 0.1) is 18.0 Å². The van der Waals surface area contributed by atoms with Gasteiger partial charge in [-0.1, -0.05) is 17.7 Å². The van der Waals surface area contributed by atoms with Gasteiger partial charge >= 0.3 is 0 Å². The second-order valence-electron chi connectivity index (χ2n) is 4.99. The van der Waals surface area contributed by atoms with Crippen LogP contribution in [-0.2, 0) is 0 Å². The molecule has 0 radical (unpaired) electrons. The molecule has 2 rings (SSSR count). The highest BCUT2D eigenvalue weighted by Crippen LogP contribution is 2.12. The van der Waals surface area contributed by atoms with Gasteiger partial charge in [0.2, 0.25) is 0 Å². The molecular weight excluding hydrogens is 266 g/mol. The minimum absolute atomic E-state index is 0.162. The molecule has 0 aliphatic carbocycles. The van der Waals surface area contributed by atoms with Gasteiger partial charge in [-0.25, -0.2) is 4.98 Å². The SMILES string of the molecule is Cc1cccc(C(=O)Nc2ccc(NCC(C)O)nc2)c1. The van der Waals surface area contributed by atoms with Crippen molar-refractivity contribution in [1.82, 2.24) is 4.98 Å². The molecule has 0 saturated carbocycles. The number of aromatic nitrogens is 1. The fourth-order valence-corrected chi connectivity index (χ4v) is 1.81. The van der Waals surface area contributed by atoms with Crippen LogP contribution in [0.3, 0.4) is 0 Å². The Labute approximate surface area is 124 Å². The average Bonchev–Trinajstić information content (AvgIpc) is 2.46. The number of amides is 1. The molecule has 0 saturated heterocycles. The summed E-state index contributed by atoms with van der Waals surface area (Å²) in [5.41, 5.74) is 2.29. The van der Waals surface area contributed by atoms with Crippen molar-refractivity contribution in [2.45, 2.75) is 20.0 Å². The van der Waals surface area contributed by atoms with Crippen LogP contribution in [0, 0.1) is 6.92 Å². The molecule has 0 bridgehead atoms. The van der Waals surface area contributed by atoms with E-state index in [1.54, 1.807) is 31.3 Å². The van der Waals surface area contributed by atoms with Crippen molar-refractivity contribution in [2.75, 3.05) is 17.2 Å².